The largest absolute Gasteiger partial charge is 0.373 e. The van der Waals surface area contributed by atoms with Crippen LogP contribution in [0.25, 0.3) is 0 Å². The maximum atomic E-state index is 11.0. The van der Waals surface area contributed by atoms with Crippen LogP contribution < -0.4 is 4.90 Å². The Balaban J connectivity index is 2.20. The molecular weight excluding hydrogens is 222 g/mol. The Bertz CT molecular complexity index is 405. The van der Waals surface area contributed by atoms with Crippen molar-refractivity contribution in [2.24, 2.45) is 11.8 Å². The SMILES string of the molecule is CC1CC1CN(C)c1c(Cl)cccc1C=O. The van der Waals surface area contributed by atoms with Crippen LogP contribution in [-0.4, -0.2) is 19.9 Å². The quantitative estimate of drug-likeness (QED) is 0.750. The number of hydrogen-bond donors (Lipinski definition) is 0. The number of benzene rings is 1. The van der Waals surface area contributed by atoms with Crippen LogP contribution in [0.15, 0.2) is 18.2 Å². The molecule has 1 saturated carbocycles. The highest BCUT2D eigenvalue weighted by molar-refractivity contribution is 6.33. The summed E-state index contributed by atoms with van der Waals surface area (Å²) in [5, 5.41) is 0.653. The van der Waals surface area contributed by atoms with E-state index in [0.717, 1.165) is 30.4 Å². The second kappa shape index (κ2) is 4.46. The molecule has 2 nitrogen and oxygen atoms in total. The molecule has 86 valence electrons. The summed E-state index contributed by atoms with van der Waals surface area (Å²) >= 11 is 6.14. The molecular formula is C13H16ClNO. The fraction of sp³-hybridized carbons (Fsp3) is 0.462. The average molecular weight is 238 g/mol. The summed E-state index contributed by atoms with van der Waals surface area (Å²) in [5.74, 6) is 1.56. The molecule has 0 N–H and O–H groups in total. The molecule has 0 aromatic heterocycles. The van der Waals surface area contributed by atoms with Gasteiger partial charge in [-0.3, -0.25) is 4.79 Å². The van der Waals surface area contributed by atoms with Gasteiger partial charge < -0.3 is 4.90 Å². The van der Waals surface area contributed by atoms with Gasteiger partial charge in [-0.2, -0.15) is 0 Å². The number of halogens is 1. The fourth-order valence-electron chi connectivity index (χ4n) is 2.13. The van der Waals surface area contributed by atoms with Gasteiger partial charge in [-0.25, -0.2) is 0 Å². The summed E-state index contributed by atoms with van der Waals surface area (Å²) in [5.41, 5.74) is 1.53. The van der Waals surface area contributed by atoms with Crippen molar-refractivity contribution in [3.63, 3.8) is 0 Å². The predicted octanol–water partition coefficient (Wildman–Crippen LogP) is 3.24. The maximum Gasteiger partial charge on any atom is 0.152 e. The number of hydrogen-bond acceptors (Lipinski definition) is 2. The molecule has 1 fully saturated rings. The minimum atomic E-state index is 0.653. The van der Waals surface area contributed by atoms with E-state index in [1.165, 1.54) is 6.42 Å². The van der Waals surface area contributed by atoms with E-state index in [0.29, 0.717) is 10.6 Å². The van der Waals surface area contributed by atoms with Gasteiger partial charge in [-0.1, -0.05) is 24.6 Å². The van der Waals surface area contributed by atoms with Crippen LogP contribution in [0.1, 0.15) is 23.7 Å². The number of anilines is 1. The van der Waals surface area contributed by atoms with Gasteiger partial charge in [-0.15, -0.1) is 0 Å². The van der Waals surface area contributed by atoms with Gasteiger partial charge in [0.1, 0.15) is 0 Å². The Morgan fingerprint density at radius 2 is 2.25 bits per heavy atom. The summed E-state index contributed by atoms with van der Waals surface area (Å²) in [7, 11) is 2.00. The summed E-state index contributed by atoms with van der Waals surface area (Å²) < 4.78 is 0. The monoisotopic (exact) mass is 237 g/mol. The predicted molar refractivity (Wildman–Crippen MR) is 67.4 cm³/mol. The van der Waals surface area contributed by atoms with Crippen molar-refractivity contribution in [3.8, 4) is 0 Å². The zero-order valence-corrected chi connectivity index (χ0v) is 10.4. The lowest BCUT2D eigenvalue weighted by Crippen LogP contribution is -2.22. The Morgan fingerprint density at radius 3 is 2.81 bits per heavy atom. The minimum Gasteiger partial charge on any atom is -0.373 e. The first-order valence-corrected chi connectivity index (χ1v) is 5.96. The molecule has 1 aliphatic carbocycles. The molecule has 1 aromatic carbocycles. The third kappa shape index (κ3) is 2.22. The Morgan fingerprint density at radius 1 is 1.56 bits per heavy atom. The van der Waals surface area contributed by atoms with Crippen molar-refractivity contribution in [2.75, 3.05) is 18.5 Å². The molecule has 0 saturated heterocycles. The van der Waals surface area contributed by atoms with E-state index in [4.69, 9.17) is 11.6 Å². The topological polar surface area (TPSA) is 20.3 Å². The lowest BCUT2D eigenvalue weighted by molar-refractivity contribution is 0.112. The lowest BCUT2D eigenvalue weighted by Gasteiger charge is -2.22. The summed E-state index contributed by atoms with van der Waals surface area (Å²) in [6.07, 6.45) is 2.15. The summed E-state index contributed by atoms with van der Waals surface area (Å²) in [6.45, 7) is 3.23. The van der Waals surface area contributed by atoms with E-state index in [1.807, 2.05) is 19.2 Å². The summed E-state index contributed by atoms with van der Waals surface area (Å²) in [4.78, 5) is 13.1. The molecule has 0 aliphatic heterocycles. The molecule has 1 aromatic rings. The highest BCUT2D eigenvalue weighted by atomic mass is 35.5. The molecule has 16 heavy (non-hydrogen) atoms. The first kappa shape index (κ1) is 11.5. The molecule has 2 atom stereocenters. The van der Waals surface area contributed by atoms with E-state index in [9.17, 15) is 4.79 Å². The van der Waals surface area contributed by atoms with Gasteiger partial charge >= 0.3 is 0 Å². The first-order chi connectivity index (χ1) is 7.63. The highest BCUT2D eigenvalue weighted by Crippen LogP contribution is 2.39. The van der Waals surface area contributed by atoms with Gasteiger partial charge in [0, 0.05) is 19.2 Å². The van der Waals surface area contributed by atoms with Gasteiger partial charge in [0.05, 0.1) is 10.7 Å². The summed E-state index contributed by atoms with van der Waals surface area (Å²) in [6, 6.07) is 5.45. The number of carbonyl (C=O) groups is 1. The second-order valence-corrected chi connectivity index (χ2v) is 5.06. The normalized spacial score (nSPS) is 22.9. The Hall–Kier alpha value is -1.02. The highest BCUT2D eigenvalue weighted by Gasteiger charge is 2.33. The number of rotatable bonds is 4. The van der Waals surface area contributed by atoms with E-state index in [2.05, 4.69) is 11.8 Å². The molecule has 2 rings (SSSR count). The zero-order chi connectivity index (χ0) is 11.7. The van der Waals surface area contributed by atoms with Gasteiger partial charge in [0.15, 0.2) is 6.29 Å². The van der Waals surface area contributed by atoms with E-state index in [-0.39, 0.29) is 0 Å². The van der Waals surface area contributed by atoms with Crippen molar-refractivity contribution >= 4 is 23.6 Å². The molecule has 1 aliphatic rings. The number of para-hydroxylation sites is 1. The van der Waals surface area contributed by atoms with Crippen LogP contribution in [0.2, 0.25) is 5.02 Å². The van der Waals surface area contributed by atoms with Crippen molar-refractivity contribution in [1.82, 2.24) is 0 Å². The molecule has 0 bridgehead atoms. The van der Waals surface area contributed by atoms with Crippen molar-refractivity contribution < 1.29 is 4.79 Å². The van der Waals surface area contributed by atoms with Gasteiger partial charge in [0.2, 0.25) is 0 Å². The van der Waals surface area contributed by atoms with Gasteiger partial charge in [-0.05, 0) is 30.4 Å². The van der Waals surface area contributed by atoms with Crippen LogP contribution in [0, 0.1) is 11.8 Å². The lowest BCUT2D eigenvalue weighted by atomic mass is 10.1. The Kier molecular flexibility index (Phi) is 3.20. The Labute approximate surface area is 101 Å². The van der Waals surface area contributed by atoms with Crippen molar-refractivity contribution in [1.29, 1.82) is 0 Å². The van der Waals surface area contributed by atoms with E-state index >= 15 is 0 Å². The van der Waals surface area contributed by atoms with Gasteiger partial charge in [0.25, 0.3) is 0 Å². The second-order valence-electron chi connectivity index (χ2n) is 4.65. The first-order valence-electron chi connectivity index (χ1n) is 5.58. The molecule has 3 heteroatoms. The number of carbonyl (C=O) groups excluding carboxylic acids is 1. The maximum absolute atomic E-state index is 11.0. The molecule has 0 spiro atoms. The number of nitrogens with zero attached hydrogens (tertiary/aromatic N) is 1. The molecule has 2 unspecified atom stereocenters. The average Bonchev–Trinajstić information content (AvgIpc) is 2.93. The van der Waals surface area contributed by atoms with Crippen LogP contribution in [-0.2, 0) is 0 Å². The molecule has 0 radical (unpaired) electrons. The van der Waals surface area contributed by atoms with Crippen molar-refractivity contribution in [2.45, 2.75) is 13.3 Å². The van der Waals surface area contributed by atoms with Crippen LogP contribution >= 0.6 is 11.6 Å². The zero-order valence-electron chi connectivity index (χ0n) is 9.61. The third-order valence-corrected chi connectivity index (χ3v) is 3.62. The van der Waals surface area contributed by atoms with Crippen LogP contribution in [0.5, 0.6) is 0 Å². The van der Waals surface area contributed by atoms with Crippen LogP contribution in [0.3, 0.4) is 0 Å². The minimum absolute atomic E-state index is 0.653. The van der Waals surface area contributed by atoms with E-state index in [1.54, 1.807) is 6.07 Å². The third-order valence-electron chi connectivity index (χ3n) is 3.31. The van der Waals surface area contributed by atoms with E-state index < -0.39 is 0 Å². The standard InChI is InChI=1S/C13H16ClNO/c1-9-6-11(9)7-15(2)13-10(8-16)4-3-5-12(13)14/h3-5,8-9,11H,6-7H2,1-2H3. The smallest absolute Gasteiger partial charge is 0.152 e. The fourth-order valence-corrected chi connectivity index (χ4v) is 2.45. The molecule has 0 heterocycles. The molecule has 0 amide bonds. The number of aldehydes is 1. The van der Waals surface area contributed by atoms with Crippen LogP contribution in [0.4, 0.5) is 5.69 Å². The van der Waals surface area contributed by atoms with Crippen molar-refractivity contribution in [3.05, 3.63) is 28.8 Å².